The Morgan fingerprint density at radius 2 is 1.33 bits per heavy atom. The molecule has 0 saturated carbocycles. The topological polar surface area (TPSA) is 92.6 Å². The highest BCUT2D eigenvalue weighted by Crippen LogP contribution is 2.23. The number of hydrogen-bond acceptors (Lipinski definition) is 6. The van der Waals surface area contributed by atoms with Crippen LogP contribution in [-0.4, -0.2) is 51.7 Å². The van der Waals surface area contributed by atoms with E-state index in [1.807, 2.05) is 50.2 Å². The normalized spacial score (nSPS) is 16.5. The van der Waals surface area contributed by atoms with Gasteiger partial charge >= 0.3 is 5.69 Å². The molecule has 2 atom stereocenters. The van der Waals surface area contributed by atoms with E-state index in [0.717, 1.165) is 43.2 Å². The number of benzene rings is 2. The third-order valence-electron chi connectivity index (χ3n) is 5.83. The molecule has 0 bridgehead atoms. The highest BCUT2D eigenvalue weighted by atomic mass is 16.3. The van der Waals surface area contributed by atoms with Gasteiger partial charge in [0, 0.05) is 43.6 Å². The zero-order valence-electron chi connectivity index (χ0n) is 17.3. The van der Waals surface area contributed by atoms with E-state index >= 15 is 0 Å². The first-order valence-electron chi connectivity index (χ1n) is 10.2. The van der Waals surface area contributed by atoms with Crippen molar-refractivity contribution in [2.24, 2.45) is 5.73 Å². The van der Waals surface area contributed by atoms with Crippen LogP contribution in [0.1, 0.15) is 19.9 Å². The maximum atomic E-state index is 12.7. The minimum absolute atomic E-state index is 0.159. The summed E-state index contributed by atoms with van der Waals surface area (Å²) in [6.45, 7) is 7.40. The second kappa shape index (κ2) is 8.23. The summed E-state index contributed by atoms with van der Waals surface area (Å²) in [6, 6.07) is 15.0. The van der Waals surface area contributed by atoms with Gasteiger partial charge in [0.05, 0.1) is 11.7 Å². The van der Waals surface area contributed by atoms with E-state index in [9.17, 15) is 9.90 Å². The van der Waals surface area contributed by atoms with Crippen molar-refractivity contribution >= 4 is 11.4 Å². The van der Waals surface area contributed by atoms with Gasteiger partial charge in [-0.05, 0) is 62.4 Å². The maximum Gasteiger partial charge on any atom is 0.350 e. The molecule has 0 spiro atoms. The molecule has 2 heterocycles. The fraction of sp³-hybridized carbons (Fsp3) is 0.364. The summed E-state index contributed by atoms with van der Waals surface area (Å²) >= 11 is 0. The zero-order valence-corrected chi connectivity index (χ0v) is 17.3. The first-order valence-corrected chi connectivity index (χ1v) is 10.2. The molecule has 3 aromatic rings. The van der Waals surface area contributed by atoms with Crippen molar-refractivity contribution in [3.63, 3.8) is 0 Å². The average molecular weight is 409 g/mol. The SMILES string of the molecule is C[C@@H](N)[C@H](C)n1ncn(-c2ccc(N3CCN(c4ccc(O)cc4)CC3)cc2)c1=O. The summed E-state index contributed by atoms with van der Waals surface area (Å²) in [5.41, 5.74) is 8.77. The molecule has 1 aromatic heterocycles. The fourth-order valence-corrected chi connectivity index (χ4v) is 3.71. The number of aromatic nitrogens is 3. The molecule has 2 aromatic carbocycles. The maximum absolute atomic E-state index is 12.7. The third-order valence-corrected chi connectivity index (χ3v) is 5.83. The molecule has 1 aliphatic heterocycles. The quantitative estimate of drug-likeness (QED) is 0.671. The van der Waals surface area contributed by atoms with Crippen molar-refractivity contribution in [3.05, 3.63) is 65.3 Å². The molecule has 158 valence electrons. The van der Waals surface area contributed by atoms with Crippen LogP contribution in [0.25, 0.3) is 5.69 Å². The van der Waals surface area contributed by atoms with Crippen LogP contribution < -0.4 is 21.2 Å². The summed E-state index contributed by atoms with van der Waals surface area (Å²) < 4.78 is 2.98. The Morgan fingerprint density at radius 1 is 0.867 bits per heavy atom. The Morgan fingerprint density at radius 3 is 1.83 bits per heavy atom. The predicted octanol–water partition coefficient (Wildman–Crippen LogP) is 1.97. The number of aromatic hydroxyl groups is 1. The van der Waals surface area contributed by atoms with Gasteiger partial charge in [0.2, 0.25) is 0 Å². The van der Waals surface area contributed by atoms with Crippen LogP contribution in [0.3, 0.4) is 0 Å². The predicted molar refractivity (Wildman–Crippen MR) is 119 cm³/mol. The lowest BCUT2D eigenvalue weighted by Gasteiger charge is -2.37. The summed E-state index contributed by atoms with van der Waals surface area (Å²) in [5.74, 6) is 0.286. The van der Waals surface area contributed by atoms with Gasteiger partial charge in [0.15, 0.2) is 0 Å². The Kier molecular flexibility index (Phi) is 5.50. The van der Waals surface area contributed by atoms with E-state index in [1.54, 1.807) is 23.0 Å². The highest BCUT2D eigenvalue weighted by Gasteiger charge is 2.19. The van der Waals surface area contributed by atoms with Crippen LogP contribution in [0, 0.1) is 0 Å². The molecular weight excluding hydrogens is 380 g/mol. The van der Waals surface area contributed by atoms with E-state index in [2.05, 4.69) is 14.9 Å². The summed E-state index contributed by atoms with van der Waals surface area (Å²) in [5, 5.41) is 13.7. The lowest BCUT2D eigenvalue weighted by Crippen LogP contribution is -2.46. The van der Waals surface area contributed by atoms with Gasteiger partial charge in [-0.1, -0.05) is 0 Å². The Labute approximate surface area is 175 Å². The van der Waals surface area contributed by atoms with E-state index in [0.29, 0.717) is 0 Å². The Bertz CT molecular complexity index is 1030. The van der Waals surface area contributed by atoms with Crippen LogP contribution >= 0.6 is 0 Å². The average Bonchev–Trinajstić information content (AvgIpc) is 3.15. The van der Waals surface area contributed by atoms with Gasteiger partial charge in [0.1, 0.15) is 12.1 Å². The van der Waals surface area contributed by atoms with Crippen LogP contribution in [-0.2, 0) is 0 Å². The molecule has 8 heteroatoms. The molecular formula is C22H28N6O2. The molecule has 0 unspecified atom stereocenters. The number of phenolic OH excluding ortho intramolecular Hbond substituents is 1. The van der Waals surface area contributed by atoms with E-state index in [1.165, 1.54) is 4.68 Å². The number of phenols is 1. The molecule has 1 saturated heterocycles. The molecule has 0 amide bonds. The van der Waals surface area contributed by atoms with Gasteiger partial charge in [-0.2, -0.15) is 5.10 Å². The first-order chi connectivity index (χ1) is 14.4. The smallest absolute Gasteiger partial charge is 0.350 e. The highest BCUT2D eigenvalue weighted by molar-refractivity contribution is 5.54. The van der Waals surface area contributed by atoms with Gasteiger partial charge in [0.25, 0.3) is 0 Å². The summed E-state index contributed by atoms with van der Waals surface area (Å²) in [4.78, 5) is 17.3. The minimum atomic E-state index is -0.185. The van der Waals surface area contributed by atoms with E-state index < -0.39 is 0 Å². The number of nitrogens with zero attached hydrogens (tertiary/aromatic N) is 5. The lowest BCUT2D eigenvalue weighted by atomic mass is 10.2. The van der Waals surface area contributed by atoms with Crippen LogP contribution in [0.2, 0.25) is 0 Å². The van der Waals surface area contributed by atoms with Gasteiger partial charge in [-0.25, -0.2) is 14.0 Å². The number of anilines is 2. The molecule has 1 fully saturated rings. The molecule has 30 heavy (non-hydrogen) atoms. The largest absolute Gasteiger partial charge is 0.508 e. The first kappa shape index (κ1) is 20.0. The van der Waals surface area contributed by atoms with Crippen molar-refractivity contribution in [2.45, 2.75) is 25.9 Å². The van der Waals surface area contributed by atoms with Crippen LogP contribution in [0.15, 0.2) is 59.7 Å². The van der Waals surface area contributed by atoms with Gasteiger partial charge in [-0.15, -0.1) is 0 Å². The number of nitrogens with two attached hydrogens (primary N) is 1. The van der Waals surface area contributed by atoms with Gasteiger partial charge in [-0.3, -0.25) is 0 Å². The van der Waals surface area contributed by atoms with Crippen molar-refractivity contribution in [3.8, 4) is 11.4 Å². The number of rotatable bonds is 5. The lowest BCUT2D eigenvalue weighted by molar-refractivity contribution is 0.412. The molecule has 3 N–H and O–H groups in total. The number of piperazine rings is 1. The summed E-state index contributed by atoms with van der Waals surface area (Å²) in [6.07, 6.45) is 1.55. The van der Waals surface area contributed by atoms with Crippen LogP contribution in [0.5, 0.6) is 5.75 Å². The van der Waals surface area contributed by atoms with Crippen molar-refractivity contribution in [2.75, 3.05) is 36.0 Å². The van der Waals surface area contributed by atoms with Crippen molar-refractivity contribution in [1.29, 1.82) is 0 Å². The van der Waals surface area contributed by atoms with Gasteiger partial charge < -0.3 is 20.6 Å². The Hall–Kier alpha value is -3.26. The number of hydrogen-bond donors (Lipinski definition) is 2. The van der Waals surface area contributed by atoms with Crippen molar-refractivity contribution < 1.29 is 5.11 Å². The van der Waals surface area contributed by atoms with Crippen LogP contribution in [0.4, 0.5) is 11.4 Å². The molecule has 1 aliphatic rings. The minimum Gasteiger partial charge on any atom is -0.508 e. The van der Waals surface area contributed by atoms with E-state index in [4.69, 9.17) is 5.73 Å². The standard InChI is InChI=1S/C22H28N6O2/c1-16(23)17(2)28-22(30)27(15-24-28)20-5-3-18(4-6-20)25-11-13-26(14-12-25)19-7-9-21(29)10-8-19/h3-10,15-17,29H,11-14,23H2,1-2H3/t16-,17+/m1/s1. The monoisotopic (exact) mass is 408 g/mol. The molecule has 0 radical (unpaired) electrons. The second-order valence-corrected chi connectivity index (χ2v) is 7.83. The molecule has 4 rings (SSSR count). The third kappa shape index (κ3) is 3.91. The zero-order chi connectivity index (χ0) is 21.3. The molecule has 8 nitrogen and oxygen atoms in total. The molecule has 0 aliphatic carbocycles. The summed E-state index contributed by atoms with van der Waals surface area (Å²) in [7, 11) is 0. The Balaban J connectivity index is 1.44. The van der Waals surface area contributed by atoms with Crippen molar-refractivity contribution in [1.82, 2.24) is 14.3 Å². The fourth-order valence-electron chi connectivity index (χ4n) is 3.71. The van der Waals surface area contributed by atoms with E-state index in [-0.39, 0.29) is 23.5 Å². The second-order valence-electron chi connectivity index (χ2n) is 7.83.